The molecule has 14 heteroatoms. The quantitative estimate of drug-likeness (QED) is 0.256. The van der Waals surface area contributed by atoms with Crippen LogP contribution in [0.2, 0.25) is 0 Å². The van der Waals surface area contributed by atoms with Crippen LogP contribution in [0.5, 0.6) is 5.88 Å². The molecule has 1 aliphatic heterocycles. The smallest absolute Gasteiger partial charge is 0.434 e. The number of imidazole rings is 2. The van der Waals surface area contributed by atoms with E-state index in [-0.39, 0.29) is 6.04 Å². The average Bonchev–Trinajstić information content (AvgIpc) is 3.57. The van der Waals surface area contributed by atoms with E-state index in [1.54, 1.807) is 40.7 Å². The second-order valence-corrected chi connectivity index (χ2v) is 10.6. The molecule has 2 fully saturated rings. The fraction of sp³-hybridized carbons (Fsp3) is 0.379. The van der Waals surface area contributed by atoms with E-state index in [4.69, 9.17) is 14.5 Å². The Morgan fingerprint density at radius 3 is 2.53 bits per heavy atom. The van der Waals surface area contributed by atoms with Crippen LogP contribution in [0.3, 0.4) is 0 Å². The van der Waals surface area contributed by atoms with Crippen molar-refractivity contribution < 1.29 is 22.6 Å². The Kier molecular flexibility index (Phi) is 6.92. The first kappa shape index (κ1) is 27.3. The highest BCUT2D eigenvalue weighted by Gasteiger charge is 2.36. The van der Waals surface area contributed by atoms with Crippen molar-refractivity contribution in [3.63, 3.8) is 0 Å². The van der Waals surface area contributed by atoms with Crippen molar-refractivity contribution in [2.24, 2.45) is 0 Å². The number of benzene rings is 1. The maximum atomic E-state index is 13.6. The predicted octanol–water partition coefficient (Wildman–Crippen LogP) is 5.31. The average molecular weight is 592 g/mol. The monoisotopic (exact) mass is 591 g/mol. The maximum Gasteiger partial charge on any atom is 0.434 e. The molecular formula is C29H28F3N9O2. The van der Waals surface area contributed by atoms with Gasteiger partial charge in [-0.15, -0.1) is 5.10 Å². The van der Waals surface area contributed by atoms with E-state index in [2.05, 4.69) is 30.4 Å². The van der Waals surface area contributed by atoms with Gasteiger partial charge in [-0.2, -0.15) is 13.2 Å². The van der Waals surface area contributed by atoms with E-state index >= 15 is 0 Å². The summed E-state index contributed by atoms with van der Waals surface area (Å²) in [7, 11) is 1.56. The van der Waals surface area contributed by atoms with Crippen LogP contribution >= 0.6 is 0 Å². The number of nitrogens with one attached hydrogen (secondary N) is 1. The van der Waals surface area contributed by atoms with Gasteiger partial charge in [0.15, 0.2) is 23.0 Å². The summed E-state index contributed by atoms with van der Waals surface area (Å²) in [5.41, 5.74) is 2.67. The number of anilines is 1. The number of alkyl halides is 3. The molecule has 5 aromatic rings. The number of rotatable bonds is 8. The molecule has 43 heavy (non-hydrogen) atoms. The van der Waals surface area contributed by atoms with Crippen LogP contribution in [0.25, 0.3) is 28.4 Å². The van der Waals surface area contributed by atoms with Gasteiger partial charge in [-0.25, -0.2) is 29.4 Å². The fourth-order valence-electron chi connectivity index (χ4n) is 5.41. The summed E-state index contributed by atoms with van der Waals surface area (Å²) in [4.78, 5) is 22.0. The van der Waals surface area contributed by atoms with Crippen LogP contribution in [0.1, 0.15) is 54.6 Å². The van der Waals surface area contributed by atoms with E-state index in [1.165, 1.54) is 6.33 Å². The Balaban J connectivity index is 1.16. The van der Waals surface area contributed by atoms with Gasteiger partial charge in [-0.1, -0.05) is 24.3 Å². The number of aromatic nitrogens is 8. The number of fused-ring (bicyclic) bond motifs is 1. The lowest BCUT2D eigenvalue weighted by molar-refractivity contribution is -0.140. The lowest BCUT2D eigenvalue weighted by Gasteiger charge is -2.25. The van der Waals surface area contributed by atoms with Crippen molar-refractivity contribution in [2.75, 3.05) is 25.6 Å². The molecule has 0 spiro atoms. The van der Waals surface area contributed by atoms with Gasteiger partial charge in [0, 0.05) is 55.9 Å². The van der Waals surface area contributed by atoms with Gasteiger partial charge in [0.1, 0.15) is 17.7 Å². The molecule has 1 aliphatic carbocycles. The van der Waals surface area contributed by atoms with Gasteiger partial charge in [0.05, 0.1) is 12.8 Å². The summed E-state index contributed by atoms with van der Waals surface area (Å²) in [6, 6.07) is 7.21. The van der Waals surface area contributed by atoms with Crippen LogP contribution in [0.15, 0.2) is 49.2 Å². The minimum Gasteiger partial charge on any atom is -0.480 e. The minimum absolute atomic E-state index is 0.105. The zero-order chi connectivity index (χ0) is 29.6. The van der Waals surface area contributed by atoms with Crippen LogP contribution < -0.4 is 10.1 Å². The lowest BCUT2D eigenvalue weighted by atomic mass is 10.1. The molecule has 1 saturated heterocycles. The van der Waals surface area contributed by atoms with Crippen LogP contribution in [-0.4, -0.2) is 59.4 Å². The Morgan fingerprint density at radius 2 is 1.81 bits per heavy atom. The summed E-state index contributed by atoms with van der Waals surface area (Å²) < 4.78 is 55.0. The molecule has 1 N–H and O–H groups in total. The third-order valence-electron chi connectivity index (χ3n) is 7.76. The number of nitrogens with zero attached hydrogens (tertiary/aromatic N) is 8. The molecule has 1 aromatic carbocycles. The summed E-state index contributed by atoms with van der Waals surface area (Å²) in [6.07, 6.45) is 4.80. The van der Waals surface area contributed by atoms with E-state index in [0.29, 0.717) is 78.6 Å². The predicted molar refractivity (Wildman–Crippen MR) is 149 cm³/mol. The highest BCUT2D eigenvalue weighted by Crippen LogP contribution is 2.45. The highest BCUT2D eigenvalue weighted by molar-refractivity contribution is 5.71. The van der Waals surface area contributed by atoms with Gasteiger partial charge >= 0.3 is 6.18 Å². The molecule has 4 aromatic heterocycles. The normalized spacial score (nSPS) is 16.1. The van der Waals surface area contributed by atoms with E-state index in [1.807, 2.05) is 12.1 Å². The van der Waals surface area contributed by atoms with Crippen LogP contribution in [0.4, 0.5) is 19.0 Å². The number of methoxy groups -OCH3 is 1. The standard InChI is InChI=1S/C29H28F3N9O2/c1-42-28-22(23(18-6-7-18)35-16-36-28)24-38-25(27-33-10-11-41(27)39-24)34-14-17-2-4-19(5-3-17)26-37-21(29(30,31)32)15-40(26)20-8-12-43-13-9-20/h2-5,10-11,15-16,18,20H,6-9,12-14H2,1H3,(H,34,38,39). The second-order valence-electron chi connectivity index (χ2n) is 10.6. The third kappa shape index (κ3) is 5.38. The molecule has 2 aliphatic rings. The van der Waals surface area contributed by atoms with Gasteiger partial charge in [-0.3, -0.25) is 0 Å². The Labute approximate surface area is 244 Å². The fourth-order valence-corrected chi connectivity index (χ4v) is 5.41. The van der Waals surface area contributed by atoms with Crippen LogP contribution in [0, 0.1) is 0 Å². The van der Waals surface area contributed by atoms with Crippen LogP contribution in [-0.2, 0) is 17.5 Å². The molecule has 0 unspecified atom stereocenters. The van der Waals surface area contributed by atoms with Crippen molar-refractivity contribution in [3.8, 4) is 28.7 Å². The zero-order valence-electron chi connectivity index (χ0n) is 23.3. The largest absolute Gasteiger partial charge is 0.480 e. The SMILES string of the molecule is COc1ncnc(C2CC2)c1-c1nc(NCc2ccc(-c3nc(C(F)(F)F)cn3C3CCOCC3)cc2)c2nccn2n1. The summed E-state index contributed by atoms with van der Waals surface area (Å²) in [5.74, 6) is 1.95. The molecule has 1 saturated carbocycles. The molecule has 7 rings (SSSR count). The third-order valence-corrected chi connectivity index (χ3v) is 7.76. The lowest BCUT2D eigenvalue weighted by Crippen LogP contribution is -2.19. The van der Waals surface area contributed by atoms with Crippen molar-refractivity contribution in [1.29, 1.82) is 0 Å². The Hall–Kier alpha value is -4.59. The summed E-state index contributed by atoms with van der Waals surface area (Å²) in [6.45, 7) is 1.41. The number of halogens is 3. The number of hydrogen-bond donors (Lipinski definition) is 1. The van der Waals surface area contributed by atoms with Crippen molar-refractivity contribution in [1.82, 2.24) is 39.1 Å². The Morgan fingerprint density at radius 1 is 1.02 bits per heavy atom. The summed E-state index contributed by atoms with van der Waals surface area (Å²) in [5, 5.41) is 8.01. The number of ether oxygens (including phenoxy) is 2. The van der Waals surface area contributed by atoms with Gasteiger partial charge in [-0.05, 0) is 31.2 Å². The molecule has 11 nitrogen and oxygen atoms in total. The van der Waals surface area contributed by atoms with E-state index < -0.39 is 11.9 Å². The molecule has 0 radical (unpaired) electrons. The van der Waals surface area contributed by atoms with Crippen molar-refractivity contribution in [3.05, 3.63) is 66.1 Å². The molecule has 0 bridgehead atoms. The van der Waals surface area contributed by atoms with E-state index in [9.17, 15) is 13.2 Å². The zero-order valence-corrected chi connectivity index (χ0v) is 23.3. The second kappa shape index (κ2) is 10.9. The van der Waals surface area contributed by atoms with Gasteiger partial charge in [0.25, 0.3) is 0 Å². The maximum absolute atomic E-state index is 13.6. The van der Waals surface area contributed by atoms with Crippen molar-refractivity contribution >= 4 is 11.5 Å². The van der Waals surface area contributed by atoms with E-state index in [0.717, 1.165) is 30.3 Å². The molecule has 5 heterocycles. The molecule has 0 amide bonds. The molecular weight excluding hydrogens is 563 g/mol. The van der Waals surface area contributed by atoms with Gasteiger partial charge < -0.3 is 19.4 Å². The molecule has 222 valence electrons. The highest BCUT2D eigenvalue weighted by atomic mass is 19.4. The number of hydrogen-bond acceptors (Lipinski definition) is 9. The minimum atomic E-state index is -4.53. The first-order valence-corrected chi connectivity index (χ1v) is 14.1. The first-order chi connectivity index (χ1) is 20.9. The molecule has 0 atom stereocenters. The Bertz CT molecular complexity index is 1760. The topological polar surface area (TPSA) is 117 Å². The first-order valence-electron chi connectivity index (χ1n) is 14.1. The van der Waals surface area contributed by atoms with Gasteiger partial charge in [0.2, 0.25) is 5.88 Å². The summed E-state index contributed by atoms with van der Waals surface area (Å²) >= 11 is 0. The van der Waals surface area contributed by atoms with Crippen molar-refractivity contribution in [2.45, 2.75) is 50.4 Å².